The Morgan fingerprint density at radius 2 is 0.545 bits per heavy atom. The Bertz CT molecular complexity index is 1070. The fraction of sp³-hybridized carbons (Fsp3) is 0.609. The topological polar surface area (TPSA) is 88.9 Å². The average Bonchev–Trinajstić information content (AvgIpc) is 3.10. The zero-order valence-corrected chi connectivity index (χ0v) is 41.9. The molecule has 0 saturated carbocycles. The third-order valence-electron chi connectivity index (χ3n) is 9.99. The number of benzene rings is 3. The molecule has 3 aromatic carbocycles. The Morgan fingerprint density at radius 1 is 0.418 bits per heavy atom. The minimum atomic E-state index is -0.596. The maximum Gasteiger partial charge on any atom is 2.00 e. The van der Waals surface area contributed by atoms with Gasteiger partial charge in [0.25, 0.3) is 0 Å². The van der Waals surface area contributed by atoms with Crippen molar-refractivity contribution >= 4 is 18.6 Å². The third-order valence-corrected chi connectivity index (χ3v) is 9.99. The molecule has 3 rings (SSSR count). The zero-order valence-electron chi connectivity index (χ0n) is 37.2. The van der Waals surface area contributed by atoms with E-state index in [1.54, 1.807) is 28.2 Å². The van der Waals surface area contributed by atoms with Crippen molar-refractivity contribution in [2.45, 2.75) is 119 Å². The van der Waals surface area contributed by atoms with E-state index in [9.17, 15) is 15.3 Å². The van der Waals surface area contributed by atoms with E-state index < -0.39 is 33.8 Å². The van der Waals surface area contributed by atoms with Gasteiger partial charge in [-0.2, -0.15) is 28.2 Å². The number of aliphatic hydroxyl groups is 3. The maximum atomic E-state index is 10.6. The van der Waals surface area contributed by atoms with Gasteiger partial charge in [0.05, 0.1) is 16.8 Å². The van der Waals surface area contributed by atoms with Gasteiger partial charge in [-0.25, -0.2) is 0 Å². The van der Waals surface area contributed by atoms with Gasteiger partial charge in [0.1, 0.15) is 0 Å². The van der Waals surface area contributed by atoms with Crippen molar-refractivity contribution < 1.29 is 54.1 Å². The molecule has 312 valence electrons. The minimum Gasteiger partial charge on any atom is 2.00 e. The predicted octanol–water partition coefficient (Wildman–Crippen LogP) is 12.4. The molecule has 0 aliphatic rings. The SMILES string of the molecule is CC(C)C(O)(Cc1ccccc1)C(C)C.CC(C)C(O)(Cc1ccccc1)C(C)C.CC(C)C(O)(Cc1ccccc1)C(C)C.C[N-]C.C[N-]C.[Cl][Ti][Cl].[Ti+2]. The number of rotatable bonds is 12. The summed E-state index contributed by atoms with van der Waals surface area (Å²) in [4.78, 5) is 0. The summed E-state index contributed by atoms with van der Waals surface area (Å²) in [6.45, 7) is 25.0. The molecule has 0 spiro atoms. The van der Waals surface area contributed by atoms with Crippen molar-refractivity contribution in [3.8, 4) is 0 Å². The quantitative estimate of drug-likeness (QED) is 0.158. The normalized spacial score (nSPS) is 11.1. The van der Waals surface area contributed by atoms with Gasteiger partial charge in [0, 0.05) is 19.3 Å². The standard InChI is InChI=1S/3C14H22O.2C2H6N.2ClH.2Ti/c3*1-11(2)14(15,12(3)4)10-13-8-6-5-7-9-13;2*1-3-2;;;;/h3*5-9,11-12,15H,10H2,1-4H3;2*1-2H3;2*1H;;/q;;;2*-1;;;2*+2/p-2. The smallest absolute Gasteiger partial charge is 2.00 e. The summed E-state index contributed by atoms with van der Waals surface area (Å²) in [5.74, 6) is 1.65. The van der Waals surface area contributed by atoms with E-state index in [1.165, 1.54) is 16.7 Å². The second-order valence-corrected chi connectivity index (χ2v) is 18.4. The number of hydrogen-bond acceptors (Lipinski definition) is 3. The molecule has 3 N–H and O–H groups in total. The van der Waals surface area contributed by atoms with Gasteiger partial charge in [-0.05, 0) is 52.2 Å². The van der Waals surface area contributed by atoms with Gasteiger partial charge >= 0.3 is 57.4 Å². The Kier molecular flexibility index (Phi) is 38.2. The Labute approximate surface area is 371 Å². The zero-order chi connectivity index (χ0) is 42.5. The molecule has 0 fully saturated rings. The molecular weight excluding hydrogens is 795 g/mol. The van der Waals surface area contributed by atoms with E-state index >= 15 is 0 Å². The fourth-order valence-corrected chi connectivity index (χ4v) is 5.99. The molecule has 0 aliphatic heterocycles. The van der Waals surface area contributed by atoms with Crippen molar-refractivity contribution in [3.05, 3.63) is 118 Å². The summed E-state index contributed by atoms with van der Waals surface area (Å²) in [5, 5.41) is 38.9. The molecule has 0 aromatic heterocycles. The summed E-state index contributed by atoms with van der Waals surface area (Å²) >= 11 is -0.556. The Morgan fingerprint density at radius 3 is 0.655 bits per heavy atom. The van der Waals surface area contributed by atoms with Crippen LogP contribution in [0, 0.1) is 35.5 Å². The van der Waals surface area contributed by atoms with Crippen LogP contribution in [0.4, 0.5) is 0 Å². The van der Waals surface area contributed by atoms with Crippen molar-refractivity contribution in [2.75, 3.05) is 28.2 Å². The molecule has 55 heavy (non-hydrogen) atoms. The molecule has 9 heteroatoms. The molecule has 0 radical (unpaired) electrons. The van der Waals surface area contributed by atoms with Crippen LogP contribution in [0.5, 0.6) is 0 Å². The molecule has 0 unspecified atom stereocenters. The Balaban J connectivity index is -0.000000316. The first-order valence-corrected chi connectivity index (χ1v) is 23.6. The first kappa shape index (κ1) is 61.1. The minimum absolute atomic E-state index is 0. The third kappa shape index (κ3) is 25.5. The number of halogens is 2. The van der Waals surface area contributed by atoms with Crippen LogP contribution in [0.3, 0.4) is 0 Å². The van der Waals surface area contributed by atoms with Crippen molar-refractivity contribution in [1.29, 1.82) is 0 Å². The molecule has 0 bridgehead atoms. The van der Waals surface area contributed by atoms with E-state index in [0.29, 0.717) is 0 Å². The molecular formula is C46H78Cl2N2O3Ti2. The van der Waals surface area contributed by atoms with Gasteiger partial charge < -0.3 is 26.0 Å². The van der Waals surface area contributed by atoms with Crippen molar-refractivity contribution in [1.82, 2.24) is 0 Å². The summed E-state index contributed by atoms with van der Waals surface area (Å²) in [6, 6.07) is 30.6. The molecule has 0 aliphatic carbocycles. The second kappa shape index (κ2) is 34.3. The number of nitrogens with zero attached hydrogens (tertiary/aromatic N) is 2. The van der Waals surface area contributed by atoms with Crippen LogP contribution in [0.15, 0.2) is 91.0 Å². The summed E-state index contributed by atoms with van der Waals surface area (Å²) in [5.41, 5.74) is 1.84. The summed E-state index contributed by atoms with van der Waals surface area (Å²) < 4.78 is 0. The molecule has 0 atom stereocenters. The maximum absolute atomic E-state index is 10.6. The van der Waals surface area contributed by atoms with E-state index in [1.807, 2.05) is 54.6 Å². The number of hydrogen-bond donors (Lipinski definition) is 3. The van der Waals surface area contributed by atoms with Crippen LogP contribution in [-0.4, -0.2) is 60.3 Å². The van der Waals surface area contributed by atoms with E-state index in [2.05, 4.69) is 130 Å². The molecule has 0 amide bonds. The largest absolute Gasteiger partial charge is 2.00 e. The first-order valence-electron chi connectivity index (χ1n) is 19.4. The Hall–Kier alpha value is -0.531. The second-order valence-electron chi connectivity index (χ2n) is 15.9. The summed E-state index contributed by atoms with van der Waals surface area (Å²) in [6.07, 6.45) is 2.22. The van der Waals surface area contributed by atoms with Crippen molar-refractivity contribution in [2.24, 2.45) is 35.5 Å². The van der Waals surface area contributed by atoms with Crippen LogP contribution in [0.25, 0.3) is 10.6 Å². The molecule has 0 saturated heterocycles. The molecule has 5 nitrogen and oxygen atoms in total. The molecule has 3 aromatic rings. The van der Waals surface area contributed by atoms with Gasteiger partial charge in [-0.15, -0.1) is 0 Å². The average molecular weight is 874 g/mol. The summed E-state index contributed by atoms with van der Waals surface area (Å²) in [7, 11) is 16.8. The van der Waals surface area contributed by atoms with Crippen LogP contribution in [0.2, 0.25) is 0 Å². The van der Waals surface area contributed by atoms with Gasteiger partial charge in [-0.1, -0.05) is 174 Å². The molecule has 0 heterocycles. The monoisotopic (exact) mass is 872 g/mol. The first-order chi connectivity index (χ1) is 25.1. The van der Waals surface area contributed by atoms with E-state index in [-0.39, 0.29) is 57.2 Å². The van der Waals surface area contributed by atoms with Gasteiger partial charge in [-0.3, -0.25) is 0 Å². The van der Waals surface area contributed by atoms with Gasteiger partial charge in [0.15, 0.2) is 0 Å². The van der Waals surface area contributed by atoms with Crippen LogP contribution < -0.4 is 0 Å². The van der Waals surface area contributed by atoms with Crippen molar-refractivity contribution in [3.63, 3.8) is 0 Å². The van der Waals surface area contributed by atoms with Gasteiger partial charge in [0.2, 0.25) is 0 Å². The van der Waals surface area contributed by atoms with Crippen LogP contribution in [0.1, 0.15) is 99.8 Å². The van der Waals surface area contributed by atoms with E-state index in [4.69, 9.17) is 18.6 Å². The van der Waals surface area contributed by atoms with E-state index in [0.717, 1.165) is 19.3 Å². The van der Waals surface area contributed by atoms with Crippen LogP contribution >= 0.6 is 18.6 Å². The van der Waals surface area contributed by atoms with Crippen LogP contribution in [-0.2, 0) is 58.0 Å². The predicted molar refractivity (Wildman–Crippen MR) is 236 cm³/mol. The fourth-order valence-electron chi connectivity index (χ4n) is 5.99.